The molecule has 2 rings (SSSR count). The van der Waals surface area contributed by atoms with E-state index in [4.69, 9.17) is 0 Å². The minimum absolute atomic E-state index is 0.0674. The summed E-state index contributed by atoms with van der Waals surface area (Å²) in [6.07, 6.45) is 1.11. The van der Waals surface area contributed by atoms with Gasteiger partial charge < -0.3 is 5.32 Å². The van der Waals surface area contributed by atoms with Crippen LogP contribution in [0.15, 0.2) is 22.7 Å². The topological polar surface area (TPSA) is 12.0 Å². The Kier molecular flexibility index (Phi) is 3.42. The van der Waals surface area contributed by atoms with Crippen molar-refractivity contribution < 1.29 is 4.39 Å². The minimum atomic E-state index is -0.0674. The number of rotatable bonds is 4. The molecule has 1 aromatic carbocycles. The van der Waals surface area contributed by atoms with Gasteiger partial charge in [-0.15, -0.1) is 0 Å². The lowest BCUT2D eigenvalue weighted by atomic mass is 10.1. The van der Waals surface area contributed by atoms with Crippen LogP contribution in [0.4, 0.5) is 4.39 Å². The van der Waals surface area contributed by atoms with Crippen LogP contribution < -0.4 is 5.32 Å². The summed E-state index contributed by atoms with van der Waals surface area (Å²) in [5.74, 6) is 0.970. The fraction of sp³-hybridized carbons (Fsp3) is 0.500. The van der Waals surface area contributed by atoms with Gasteiger partial charge in [-0.2, -0.15) is 0 Å². The minimum Gasteiger partial charge on any atom is -0.317 e. The number of hydrogen-bond acceptors (Lipinski definition) is 1. The summed E-state index contributed by atoms with van der Waals surface area (Å²) < 4.78 is 14.5. The molecule has 1 nitrogen and oxygen atoms in total. The summed E-state index contributed by atoms with van der Waals surface area (Å²) in [6.45, 7) is 4.09. The van der Waals surface area contributed by atoms with Crippen LogP contribution in [0.3, 0.4) is 0 Å². The van der Waals surface area contributed by atoms with Crippen LogP contribution in [0.5, 0.6) is 0 Å². The van der Waals surface area contributed by atoms with Crippen molar-refractivity contribution in [3.05, 3.63) is 34.1 Å². The molecule has 15 heavy (non-hydrogen) atoms. The SMILES string of the molecule is CCNCC1CC1c1cc(Br)ccc1F. The van der Waals surface area contributed by atoms with Crippen LogP contribution in [0.25, 0.3) is 0 Å². The van der Waals surface area contributed by atoms with Crippen molar-refractivity contribution in [2.24, 2.45) is 5.92 Å². The summed E-state index contributed by atoms with van der Waals surface area (Å²) in [5.41, 5.74) is 0.868. The second-order valence-electron chi connectivity index (χ2n) is 4.08. The number of halogens is 2. The highest BCUT2D eigenvalue weighted by Gasteiger charge is 2.39. The molecule has 1 aliphatic rings. The average molecular weight is 272 g/mol. The van der Waals surface area contributed by atoms with Gasteiger partial charge in [-0.25, -0.2) is 4.39 Å². The molecule has 2 atom stereocenters. The monoisotopic (exact) mass is 271 g/mol. The molecule has 0 spiro atoms. The molecule has 3 heteroatoms. The summed E-state index contributed by atoms with van der Waals surface area (Å²) in [4.78, 5) is 0. The molecule has 0 aromatic heterocycles. The first-order valence-electron chi connectivity index (χ1n) is 5.38. The van der Waals surface area contributed by atoms with Crippen molar-refractivity contribution in [1.82, 2.24) is 5.32 Å². The Hall–Kier alpha value is -0.410. The van der Waals surface area contributed by atoms with Gasteiger partial charge in [-0.1, -0.05) is 22.9 Å². The predicted molar refractivity (Wildman–Crippen MR) is 63.5 cm³/mol. The molecule has 1 aromatic rings. The molecule has 0 aliphatic heterocycles. The Bertz CT molecular complexity index is 353. The van der Waals surface area contributed by atoms with Crippen molar-refractivity contribution >= 4 is 15.9 Å². The van der Waals surface area contributed by atoms with Crippen molar-refractivity contribution in [2.75, 3.05) is 13.1 Å². The molecular formula is C12H15BrFN. The normalized spacial score (nSPS) is 24.2. The molecule has 1 aliphatic carbocycles. The maximum absolute atomic E-state index is 13.5. The van der Waals surface area contributed by atoms with E-state index in [1.165, 1.54) is 0 Å². The summed E-state index contributed by atoms with van der Waals surface area (Å²) in [5, 5.41) is 3.31. The average Bonchev–Trinajstić information content (AvgIpc) is 2.98. The zero-order valence-corrected chi connectivity index (χ0v) is 10.3. The van der Waals surface area contributed by atoms with Gasteiger partial charge in [0.1, 0.15) is 5.82 Å². The van der Waals surface area contributed by atoms with Crippen LogP contribution >= 0.6 is 15.9 Å². The standard InChI is InChI=1S/C12H15BrFN/c1-2-15-7-8-5-10(8)11-6-9(13)3-4-12(11)14/h3-4,6,8,10,15H,2,5,7H2,1H3. The van der Waals surface area contributed by atoms with E-state index in [-0.39, 0.29) is 5.82 Å². The lowest BCUT2D eigenvalue weighted by Gasteiger charge is -2.04. The van der Waals surface area contributed by atoms with E-state index >= 15 is 0 Å². The predicted octanol–water partition coefficient (Wildman–Crippen LogP) is 3.30. The molecule has 1 saturated carbocycles. The van der Waals surface area contributed by atoms with Gasteiger partial charge in [-0.05, 0) is 55.1 Å². The largest absolute Gasteiger partial charge is 0.317 e. The van der Waals surface area contributed by atoms with Crippen molar-refractivity contribution in [3.8, 4) is 0 Å². The quantitative estimate of drug-likeness (QED) is 0.886. The third kappa shape index (κ3) is 2.58. The molecular weight excluding hydrogens is 257 g/mol. The second-order valence-corrected chi connectivity index (χ2v) is 4.99. The van der Waals surface area contributed by atoms with Crippen molar-refractivity contribution in [3.63, 3.8) is 0 Å². The number of hydrogen-bond donors (Lipinski definition) is 1. The molecule has 2 unspecified atom stereocenters. The van der Waals surface area contributed by atoms with Crippen LogP contribution in [-0.2, 0) is 0 Å². The van der Waals surface area contributed by atoms with Crippen molar-refractivity contribution in [2.45, 2.75) is 19.3 Å². The fourth-order valence-corrected chi connectivity index (χ4v) is 2.36. The third-order valence-electron chi connectivity index (χ3n) is 2.94. The van der Waals surface area contributed by atoms with E-state index < -0.39 is 0 Å². The fourth-order valence-electron chi connectivity index (χ4n) is 1.98. The third-order valence-corrected chi connectivity index (χ3v) is 3.43. The maximum atomic E-state index is 13.5. The van der Waals surface area contributed by atoms with Crippen LogP contribution in [0.1, 0.15) is 24.8 Å². The smallest absolute Gasteiger partial charge is 0.126 e. The Balaban J connectivity index is 2.03. The maximum Gasteiger partial charge on any atom is 0.126 e. The van der Waals surface area contributed by atoms with Gasteiger partial charge >= 0.3 is 0 Å². The molecule has 0 bridgehead atoms. The lowest BCUT2D eigenvalue weighted by Crippen LogP contribution is -2.16. The molecule has 0 saturated heterocycles. The number of nitrogens with one attached hydrogen (secondary N) is 1. The first kappa shape index (κ1) is 11.1. The summed E-state index contributed by atoms with van der Waals surface area (Å²) in [7, 11) is 0. The first-order valence-corrected chi connectivity index (χ1v) is 6.17. The van der Waals surface area contributed by atoms with Gasteiger partial charge in [0.15, 0.2) is 0 Å². The zero-order valence-electron chi connectivity index (χ0n) is 8.76. The Labute approximate surface area is 98.2 Å². The van der Waals surface area contributed by atoms with E-state index in [1.807, 2.05) is 6.07 Å². The zero-order chi connectivity index (χ0) is 10.8. The highest BCUT2D eigenvalue weighted by molar-refractivity contribution is 9.10. The summed E-state index contributed by atoms with van der Waals surface area (Å²) in [6, 6.07) is 5.20. The summed E-state index contributed by atoms with van der Waals surface area (Å²) >= 11 is 3.38. The van der Waals surface area contributed by atoms with Gasteiger partial charge in [0.2, 0.25) is 0 Å². The Morgan fingerprint density at radius 2 is 2.33 bits per heavy atom. The molecule has 82 valence electrons. The molecule has 0 amide bonds. The molecule has 0 heterocycles. The van der Waals surface area contributed by atoms with Crippen LogP contribution in [-0.4, -0.2) is 13.1 Å². The molecule has 0 radical (unpaired) electrons. The van der Waals surface area contributed by atoms with Gasteiger partial charge in [0.05, 0.1) is 0 Å². The highest BCUT2D eigenvalue weighted by atomic mass is 79.9. The van der Waals surface area contributed by atoms with E-state index in [9.17, 15) is 4.39 Å². The van der Waals surface area contributed by atoms with Gasteiger partial charge in [0.25, 0.3) is 0 Å². The molecule has 1 N–H and O–H groups in total. The Morgan fingerprint density at radius 3 is 3.07 bits per heavy atom. The number of benzene rings is 1. The first-order chi connectivity index (χ1) is 7.22. The molecule has 1 fully saturated rings. The highest BCUT2D eigenvalue weighted by Crippen LogP contribution is 2.48. The van der Waals surface area contributed by atoms with Gasteiger partial charge in [0, 0.05) is 4.47 Å². The lowest BCUT2D eigenvalue weighted by molar-refractivity contribution is 0.597. The second kappa shape index (κ2) is 4.62. The van der Waals surface area contributed by atoms with E-state index in [0.717, 1.165) is 29.5 Å². The van der Waals surface area contributed by atoms with E-state index in [2.05, 4.69) is 28.2 Å². The van der Waals surface area contributed by atoms with E-state index in [0.29, 0.717) is 11.8 Å². The van der Waals surface area contributed by atoms with Gasteiger partial charge in [-0.3, -0.25) is 0 Å². The Morgan fingerprint density at radius 1 is 1.53 bits per heavy atom. The van der Waals surface area contributed by atoms with Crippen LogP contribution in [0.2, 0.25) is 0 Å². The van der Waals surface area contributed by atoms with E-state index in [1.54, 1.807) is 12.1 Å². The van der Waals surface area contributed by atoms with Crippen LogP contribution in [0, 0.1) is 11.7 Å². The van der Waals surface area contributed by atoms with Crippen molar-refractivity contribution in [1.29, 1.82) is 0 Å².